The molecule has 8 nitrogen and oxygen atoms in total. The predicted octanol–water partition coefficient (Wildman–Crippen LogP) is 3.93. The number of amides is 1. The van der Waals surface area contributed by atoms with E-state index in [1.165, 1.54) is 18.0 Å². The molecule has 2 atom stereocenters. The second kappa shape index (κ2) is 9.30. The Morgan fingerprint density at radius 1 is 1.26 bits per heavy atom. The minimum Gasteiger partial charge on any atom is -0.495 e. The van der Waals surface area contributed by atoms with Gasteiger partial charge in [0.1, 0.15) is 16.6 Å². The third kappa shape index (κ3) is 4.46. The molecule has 0 unspecified atom stereocenters. The summed E-state index contributed by atoms with van der Waals surface area (Å²) in [4.78, 5) is 43.5. The molecular formula is C22H25N3O5S. The minimum atomic E-state index is -0.830. The number of methoxy groups -OCH3 is 1. The molecule has 1 N–H and O–H groups in total. The monoisotopic (exact) mass is 443 g/mol. The Morgan fingerprint density at radius 3 is 2.65 bits per heavy atom. The Hall–Kier alpha value is -3.20. The number of anilines is 1. The lowest BCUT2D eigenvalue weighted by Crippen LogP contribution is -2.31. The predicted molar refractivity (Wildman–Crippen MR) is 120 cm³/mol. The maximum atomic E-state index is 13.1. The molecule has 31 heavy (non-hydrogen) atoms. The van der Waals surface area contributed by atoms with Crippen molar-refractivity contribution < 1.29 is 19.1 Å². The summed E-state index contributed by atoms with van der Waals surface area (Å²) >= 11 is 1.13. The summed E-state index contributed by atoms with van der Waals surface area (Å²) < 4.78 is 11.9. The SMILES string of the molecule is CC[C@@H](C)OC(=O)[C@@H](C)n1cnc2sc(C(=O)Nc3ccccc3OC)c(C)c2c1=O. The average molecular weight is 444 g/mol. The number of aromatic nitrogens is 2. The van der Waals surface area contributed by atoms with Gasteiger partial charge in [-0.2, -0.15) is 0 Å². The number of nitrogens with zero attached hydrogens (tertiary/aromatic N) is 2. The molecule has 2 aromatic heterocycles. The van der Waals surface area contributed by atoms with E-state index in [1.807, 2.05) is 6.92 Å². The van der Waals surface area contributed by atoms with Crippen LogP contribution in [0.5, 0.6) is 5.75 Å². The van der Waals surface area contributed by atoms with Gasteiger partial charge in [0.15, 0.2) is 0 Å². The van der Waals surface area contributed by atoms with Crippen molar-refractivity contribution in [1.29, 1.82) is 0 Å². The molecule has 0 fully saturated rings. The van der Waals surface area contributed by atoms with Crippen LogP contribution in [-0.4, -0.2) is 34.6 Å². The third-order valence-corrected chi connectivity index (χ3v) is 6.29. The normalized spacial score (nSPS) is 12.9. The molecule has 0 bridgehead atoms. The second-order valence-corrected chi connectivity index (χ2v) is 8.18. The quantitative estimate of drug-likeness (QED) is 0.556. The lowest BCUT2D eigenvalue weighted by Gasteiger charge is -2.17. The van der Waals surface area contributed by atoms with Crippen molar-refractivity contribution in [1.82, 2.24) is 9.55 Å². The van der Waals surface area contributed by atoms with Crippen LogP contribution in [-0.2, 0) is 9.53 Å². The van der Waals surface area contributed by atoms with Gasteiger partial charge in [0, 0.05) is 0 Å². The van der Waals surface area contributed by atoms with Crippen LogP contribution in [0.3, 0.4) is 0 Å². The fraction of sp³-hybridized carbons (Fsp3) is 0.364. The summed E-state index contributed by atoms with van der Waals surface area (Å²) in [7, 11) is 1.52. The maximum Gasteiger partial charge on any atom is 0.329 e. The fourth-order valence-electron chi connectivity index (χ4n) is 3.05. The zero-order valence-electron chi connectivity index (χ0n) is 18.1. The van der Waals surface area contributed by atoms with Crippen LogP contribution in [0, 0.1) is 6.92 Å². The molecular weight excluding hydrogens is 418 g/mol. The molecule has 164 valence electrons. The lowest BCUT2D eigenvalue weighted by molar-refractivity contribution is -0.152. The molecule has 3 aromatic rings. The number of thiophene rings is 1. The van der Waals surface area contributed by atoms with Crippen molar-refractivity contribution in [3.8, 4) is 5.75 Å². The van der Waals surface area contributed by atoms with Crippen LogP contribution in [0.15, 0.2) is 35.4 Å². The van der Waals surface area contributed by atoms with E-state index in [2.05, 4.69) is 10.3 Å². The van der Waals surface area contributed by atoms with Crippen LogP contribution < -0.4 is 15.6 Å². The van der Waals surface area contributed by atoms with E-state index in [1.54, 1.807) is 45.0 Å². The van der Waals surface area contributed by atoms with E-state index in [0.717, 1.165) is 11.3 Å². The molecule has 2 heterocycles. The second-order valence-electron chi connectivity index (χ2n) is 7.18. The van der Waals surface area contributed by atoms with Crippen LogP contribution in [0.25, 0.3) is 10.2 Å². The molecule has 1 aromatic carbocycles. The van der Waals surface area contributed by atoms with Gasteiger partial charge in [0.05, 0.1) is 35.5 Å². The zero-order chi connectivity index (χ0) is 22.7. The van der Waals surface area contributed by atoms with Crippen molar-refractivity contribution in [2.24, 2.45) is 0 Å². The Bertz CT molecular complexity index is 1180. The number of hydrogen-bond acceptors (Lipinski definition) is 7. The van der Waals surface area contributed by atoms with Crippen LogP contribution in [0.1, 0.15) is 48.5 Å². The Kier molecular flexibility index (Phi) is 6.74. The first-order valence-electron chi connectivity index (χ1n) is 9.93. The highest BCUT2D eigenvalue weighted by Crippen LogP contribution is 2.30. The summed E-state index contributed by atoms with van der Waals surface area (Å²) in [6.45, 7) is 7.00. The summed E-state index contributed by atoms with van der Waals surface area (Å²) in [5.74, 6) is -0.330. The summed E-state index contributed by atoms with van der Waals surface area (Å²) in [6, 6.07) is 6.24. The molecule has 3 rings (SSSR count). The van der Waals surface area contributed by atoms with Gasteiger partial charge in [-0.3, -0.25) is 14.2 Å². The first-order valence-corrected chi connectivity index (χ1v) is 10.7. The molecule has 0 aliphatic carbocycles. The Labute approximate surface area is 183 Å². The van der Waals surface area contributed by atoms with E-state index in [0.29, 0.717) is 38.5 Å². The molecule has 0 aliphatic heterocycles. The van der Waals surface area contributed by atoms with Gasteiger partial charge >= 0.3 is 5.97 Å². The maximum absolute atomic E-state index is 13.1. The number of rotatable bonds is 7. The number of ether oxygens (including phenoxy) is 2. The number of carbonyl (C=O) groups excluding carboxylic acids is 2. The molecule has 0 spiro atoms. The molecule has 9 heteroatoms. The smallest absolute Gasteiger partial charge is 0.329 e. The zero-order valence-corrected chi connectivity index (χ0v) is 18.9. The molecule has 0 saturated heterocycles. The van der Waals surface area contributed by atoms with Gasteiger partial charge < -0.3 is 14.8 Å². The van der Waals surface area contributed by atoms with Gasteiger partial charge in [-0.25, -0.2) is 9.78 Å². The summed E-state index contributed by atoms with van der Waals surface area (Å²) in [5.41, 5.74) is 0.657. The van der Waals surface area contributed by atoms with Crippen molar-refractivity contribution in [3.05, 3.63) is 51.4 Å². The first-order chi connectivity index (χ1) is 14.8. The molecule has 0 saturated carbocycles. The number of esters is 1. The Balaban J connectivity index is 1.95. The van der Waals surface area contributed by atoms with E-state index in [4.69, 9.17) is 9.47 Å². The summed E-state index contributed by atoms with van der Waals surface area (Å²) in [5, 5.41) is 3.14. The number of hydrogen-bond donors (Lipinski definition) is 1. The van der Waals surface area contributed by atoms with Crippen LogP contribution >= 0.6 is 11.3 Å². The van der Waals surface area contributed by atoms with E-state index in [9.17, 15) is 14.4 Å². The van der Waals surface area contributed by atoms with Crippen LogP contribution in [0.4, 0.5) is 5.69 Å². The third-order valence-electron chi connectivity index (χ3n) is 5.09. The fourth-order valence-corrected chi connectivity index (χ4v) is 4.08. The van der Waals surface area contributed by atoms with Crippen LogP contribution in [0.2, 0.25) is 0 Å². The van der Waals surface area contributed by atoms with E-state index in [-0.39, 0.29) is 17.6 Å². The largest absolute Gasteiger partial charge is 0.495 e. The highest BCUT2D eigenvalue weighted by Gasteiger charge is 2.24. The van der Waals surface area contributed by atoms with Crippen molar-refractivity contribution in [2.45, 2.75) is 46.3 Å². The Morgan fingerprint density at radius 2 is 1.97 bits per heavy atom. The summed E-state index contributed by atoms with van der Waals surface area (Å²) in [6.07, 6.45) is 1.76. The number of para-hydroxylation sites is 2. The van der Waals surface area contributed by atoms with Gasteiger partial charge in [0.25, 0.3) is 11.5 Å². The molecule has 1 amide bonds. The topological polar surface area (TPSA) is 99.5 Å². The highest BCUT2D eigenvalue weighted by molar-refractivity contribution is 7.20. The van der Waals surface area contributed by atoms with Gasteiger partial charge in [-0.1, -0.05) is 19.1 Å². The molecule has 0 aliphatic rings. The van der Waals surface area contributed by atoms with Gasteiger partial charge in [-0.15, -0.1) is 11.3 Å². The number of benzene rings is 1. The van der Waals surface area contributed by atoms with Gasteiger partial charge in [0.2, 0.25) is 0 Å². The van der Waals surface area contributed by atoms with Crippen molar-refractivity contribution in [2.75, 3.05) is 12.4 Å². The number of aryl methyl sites for hydroxylation is 1. The number of carbonyl (C=O) groups is 2. The lowest BCUT2D eigenvalue weighted by atomic mass is 10.2. The first kappa shape index (κ1) is 22.5. The minimum absolute atomic E-state index is 0.240. The van der Waals surface area contributed by atoms with E-state index < -0.39 is 12.0 Å². The highest BCUT2D eigenvalue weighted by atomic mass is 32.1. The average Bonchev–Trinajstić information content (AvgIpc) is 3.11. The number of fused-ring (bicyclic) bond motifs is 1. The molecule has 0 radical (unpaired) electrons. The van der Waals surface area contributed by atoms with Crippen molar-refractivity contribution in [3.63, 3.8) is 0 Å². The van der Waals surface area contributed by atoms with Crippen molar-refractivity contribution >= 4 is 39.1 Å². The van der Waals surface area contributed by atoms with Gasteiger partial charge in [-0.05, 0) is 44.9 Å². The standard InChI is InChI=1S/C22H25N3O5S/c1-6-12(2)30-22(28)14(4)25-11-23-20-17(21(25)27)13(3)18(31-20)19(26)24-15-9-7-8-10-16(15)29-5/h7-12,14H,6H2,1-5H3,(H,24,26)/t12-,14-/m1/s1. The number of nitrogens with one attached hydrogen (secondary N) is 1. The van der Waals surface area contributed by atoms with E-state index >= 15 is 0 Å².